The molecule has 1 amide bonds. The molecule has 0 unspecified atom stereocenters. The minimum Gasteiger partial charge on any atom is -0.477 e. The Morgan fingerprint density at radius 3 is 2.48 bits per heavy atom. The molecule has 5 nitrogen and oxygen atoms in total. The third kappa shape index (κ3) is 6.12. The molecule has 0 aliphatic rings. The van der Waals surface area contributed by atoms with E-state index in [1.807, 2.05) is 0 Å². The van der Waals surface area contributed by atoms with Gasteiger partial charge in [0.1, 0.15) is 5.75 Å². The third-order valence-corrected chi connectivity index (χ3v) is 3.75. The molecule has 0 saturated heterocycles. The first kappa shape index (κ1) is 19.4. The van der Waals surface area contributed by atoms with Crippen molar-refractivity contribution < 1.29 is 19.1 Å². The van der Waals surface area contributed by atoms with Gasteiger partial charge in [-0.3, -0.25) is 4.79 Å². The lowest BCUT2D eigenvalue weighted by molar-refractivity contribution is -0.153. The van der Waals surface area contributed by atoms with Gasteiger partial charge in [0.2, 0.25) is 0 Å². The van der Waals surface area contributed by atoms with E-state index in [0.29, 0.717) is 21.5 Å². The highest BCUT2D eigenvalue weighted by Gasteiger charge is 2.19. The molecule has 0 bridgehead atoms. The Bertz CT molecular complexity index is 782. The number of carbonyl (C=O) groups is 2. The first-order valence-corrected chi connectivity index (χ1v) is 8.32. The molecule has 0 radical (unpaired) electrons. The lowest BCUT2D eigenvalue weighted by Gasteiger charge is -2.15. The van der Waals surface area contributed by atoms with Gasteiger partial charge in [0.15, 0.2) is 12.7 Å². The SMILES string of the molecule is C[C@@H](Oc1ccc(Cl)cc1Cl)C(=O)OCC(=O)Nc1cccc(Cl)c1. The largest absolute Gasteiger partial charge is 0.477 e. The zero-order chi connectivity index (χ0) is 18.4. The second-order valence-corrected chi connectivity index (χ2v) is 6.28. The standard InChI is InChI=1S/C17H14Cl3NO4/c1-10(25-15-6-5-12(19)8-14(15)20)17(23)24-9-16(22)21-13-4-2-3-11(18)7-13/h2-8,10H,9H2,1H3,(H,21,22)/t10-/m1/s1. The van der Waals surface area contributed by atoms with Crippen molar-refractivity contribution in [3.8, 4) is 5.75 Å². The van der Waals surface area contributed by atoms with Crippen molar-refractivity contribution in [2.45, 2.75) is 13.0 Å². The second-order valence-electron chi connectivity index (χ2n) is 5.00. The number of carbonyl (C=O) groups excluding carboxylic acids is 2. The van der Waals surface area contributed by atoms with Gasteiger partial charge in [0.25, 0.3) is 5.91 Å². The van der Waals surface area contributed by atoms with Crippen LogP contribution in [0.15, 0.2) is 42.5 Å². The molecule has 0 aromatic heterocycles. The fourth-order valence-corrected chi connectivity index (χ4v) is 2.47. The molecule has 1 N–H and O–H groups in total. The minimum absolute atomic E-state index is 0.269. The summed E-state index contributed by atoms with van der Waals surface area (Å²) in [4.78, 5) is 23.7. The van der Waals surface area contributed by atoms with Gasteiger partial charge in [-0.1, -0.05) is 40.9 Å². The van der Waals surface area contributed by atoms with Crippen LogP contribution in [0.4, 0.5) is 5.69 Å². The van der Waals surface area contributed by atoms with Crippen LogP contribution >= 0.6 is 34.8 Å². The molecule has 2 aromatic carbocycles. The highest BCUT2D eigenvalue weighted by Crippen LogP contribution is 2.28. The number of amides is 1. The van der Waals surface area contributed by atoms with E-state index in [0.717, 1.165) is 0 Å². The number of benzene rings is 2. The molecule has 8 heteroatoms. The number of nitrogens with one attached hydrogen (secondary N) is 1. The molecule has 0 heterocycles. The molecule has 0 aliphatic heterocycles. The van der Waals surface area contributed by atoms with Crippen LogP contribution in [-0.4, -0.2) is 24.6 Å². The number of rotatable bonds is 6. The first-order valence-electron chi connectivity index (χ1n) is 7.19. The van der Waals surface area contributed by atoms with E-state index in [-0.39, 0.29) is 5.02 Å². The highest BCUT2D eigenvalue weighted by atomic mass is 35.5. The van der Waals surface area contributed by atoms with Crippen LogP contribution in [0.1, 0.15) is 6.92 Å². The summed E-state index contributed by atoms with van der Waals surface area (Å²) in [5, 5.41) is 3.77. The van der Waals surface area contributed by atoms with Gasteiger partial charge in [0.05, 0.1) is 5.02 Å². The van der Waals surface area contributed by atoms with Crippen LogP contribution < -0.4 is 10.1 Å². The van der Waals surface area contributed by atoms with E-state index in [2.05, 4.69) is 5.32 Å². The summed E-state index contributed by atoms with van der Waals surface area (Å²) in [6, 6.07) is 11.2. The Hall–Kier alpha value is -1.95. The Morgan fingerprint density at radius 1 is 1.08 bits per heavy atom. The smallest absolute Gasteiger partial charge is 0.347 e. The quantitative estimate of drug-likeness (QED) is 0.717. The fraction of sp³-hybridized carbons (Fsp3) is 0.176. The summed E-state index contributed by atoms with van der Waals surface area (Å²) in [6.07, 6.45) is -0.947. The molecule has 0 aliphatic carbocycles. The average molecular weight is 403 g/mol. The number of ether oxygens (including phenoxy) is 2. The minimum atomic E-state index is -0.947. The maximum Gasteiger partial charge on any atom is 0.347 e. The van der Waals surface area contributed by atoms with Crippen LogP contribution in [0.3, 0.4) is 0 Å². The van der Waals surface area contributed by atoms with E-state index in [1.165, 1.54) is 13.0 Å². The van der Waals surface area contributed by atoms with Gasteiger partial charge in [-0.2, -0.15) is 0 Å². The third-order valence-electron chi connectivity index (χ3n) is 2.98. The van der Waals surface area contributed by atoms with Crippen molar-refractivity contribution in [2.24, 2.45) is 0 Å². The molecule has 0 fully saturated rings. The van der Waals surface area contributed by atoms with Crippen LogP contribution in [0.25, 0.3) is 0 Å². The normalized spacial score (nSPS) is 11.5. The molecule has 2 rings (SSSR count). The zero-order valence-corrected chi connectivity index (χ0v) is 15.4. The predicted octanol–water partition coefficient (Wildman–Crippen LogP) is 4.60. The van der Waals surface area contributed by atoms with Gasteiger partial charge in [-0.15, -0.1) is 0 Å². The van der Waals surface area contributed by atoms with Gasteiger partial charge >= 0.3 is 5.97 Å². The van der Waals surface area contributed by atoms with Gasteiger partial charge in [0, 0.05) is 15.7 Å². The van der Waals surface area contributed by atoms with Crippen LogP contribution in [0.2, 0.25) is 15.1 Å². The number of hydrogen-bond donors (Lipinski definition) is 1. The molecule has 0 saturated carbocycles. The number of halogens is 3. The number of esters is 1. The summed E-state index contributed by atoms with van der Waals surface area (Å²) in [5.41, 5.74) is 0.505. The summed E-state index contributed by atoms with van der Waals surface area (Å²) in [7, 11) is 0. The van der Waals surface area contributed by atoms with Crippen molar-refractivity contribution >= 4 is 52.4 Å². The molecule has 132 valence electrons. The van der Waals surface area contributed by atoms with E-state index < -0.39 is 24.6 Å². The fourth-order valence-electron chi connectivity index (χ4n) is 1.83. The van der Waals surface area contributed by atoms with E-state index in [4.69, 9.17) is 44.3 Å². The van der Waals surface area contributed by atoms with Crippen LogP contribution in [0, 0.1) is 0 Å². The molecule has 25 heavy (non-hydrogen) atoms. The molecular formula is C17H14Cl3NO4. The number of hydrogen-bond acceptors (Lipinski definition) is 4. The van der Waals surface area contributed by atoms with Crippen molar-refractivity contribution in [1.29, 1.82) is 0 Å². The van der Waals surface area contributed by atoms with Crippen molar-refractivity contribution in [3.05, 3.63) is 57.5 Å². The highest BCUT2D eigenvalue weighted by molar-refractivity contribution is 6.35. The summed E-state index contributed by atoms with van der Waals surface area (Å²) in [6.45, 7) is 1.04. The topological polar surface area (TPSA) is 64.6 Å². The van der Waals surface area contributed by atoms with Crippen LogP contribution in [-0.2, 0) is 14.3 Å². The zero-order valence-electron chi connectivity index (χ0n) is 13.1. The van der Waals surface area contributed by atoms with Crippen molar-refractivity contribution in [1.82, 2.24) is 0 Å². The summed E-state index contributed by atoms with van der Waals surface area (Å²) in [5.74, 6) is -0.904. The van der Waals surface area contributed by atoms with E-state index in [1.54, 1.807) is 36.4 Å². The molecular weight excluding hydrogens is 389 g/mol. The maximum atomic E-state index is 11.9. The van der Waals surface area contributed by atoms with Gasteiger partial charge < -0.3 is 14.8 Å². The Kier molecular flexibility index (Phi) is 6.93. The molecule has 2 aromatic rings. The van der Waals surface area contributed by atoms with Crippen LogP contribution in [0.5, 0.6) is 5.75 Å². The molecule has 0 spiro atoms. The van der Waals surface area contributed by atoms with Gasteiger partial charge in [-0.25, -0.2) is 4.79 Å². The van der Waals surface area contributed by atoms with E-state index in [9.17, 15) is 9.59 Å². The lowest BCUT2D eigenvalue weighted by Crippen LogP contribution is -2.29. The van der Waals surface area contributed by atoms with Gasteiger partial charge in [-0.05, 0) is 43.3 Å². The number of anilines is 1. The second kappa shape index (κ2) is 8.94. The summed E-state index contributed by atoms with van der Waals surface area (Å²) < 4.78 is 10.3. The monoisotopic (exact) mass is 401 g/mol. The Morgan fingerprint density at radius 2 is 1.80 bits per heavy atom. The predicted molar refractivity (Wildman–Crippen MR) is 97.6 cm³/mol. The molecule has 1 atom stereocenters. The van der Waals surface area contributed by atoms with E-state index >= 15 is 0 Å². The lowest BCUT2D eigenvalue weighted by atomic mass is 10.3. The van der Waals surface area contributed by atoms with Crippen molar-refractivity contribution in [2.75, 3.05) is 11.9 Å². The maximum absolute atomic E-state index is 11.9. The Balaban J connectivity index is 1.83. The Labute approximate surface area is 159 Å². The van der Waals surface area contributed by atoms with Crippen molar-refractivity contribution in [3.63, 3.8) is 0 Å². The first-order chi connectivity index (χ1) is 11.8. The average Bonchev–Trinajstić information content (AvgIpc) is 2.55. The summed E-state index contributed by atoms with van der Waals surface area (Å²) >= 11 is 17.6.